The molecule has 8 heteroatoms. The number of benzene rings is 1. The van der Waals surface area contributed by atoms with Gasteiger partial charge in [-0.25, -0.2) is 14.4 Å². The quantitative estimate of drug-likeness (QED) is 0.635. The van der Waals surface area contributed by atoms with E-state index < -0.39 is 5.82 Å². The molecule has 4 rings (SSSR count). The van der Waals surface area contributed by atoms with E-state index in [1.807, 2.05) is 12.1 Å². The van der Waals surface area contributed by atoms with Crippen molar-refractivity contribution in [3.8, 4) is 0 Å². The van der Waals surface area contributed by atoms with Gasteiger partial charge in [0.1, 0.15) is 23.8 Å². The molecule has 152 valence electrons. The number of imidazole rings is 1. The lowest BCUT2D eigenvalue weighted by atomic mass is 10.0. The molecule has 29 heavy (non-hydrogen) atoms. The molecule has 3 aromatic rings. The number of pyridine rings is 1. The second kappa shape index (κ2) is 8.47. The number of halogens is 2. The molecule has 0 saturated carbocycles. The number of likely N-dealkylation sites (tertiary alicyclic amines) is 1. The highest BCUT2D eigenvalue weighted by atomic mass is 35.5. The first-order valence-electron chi connectivity index (χ1n) is 9.60. The molecule has 0 spiro atoms. The molecule has 1 fully saturated rings. The summed E-state index contributed by atoms with van der Waals surface area (Å²) < 4.78 is 21.5. The van der Waals surface area contributed by atoms with E-state index >= 15 is 0 Å². The van der Waals surface area contributed by atoms with Crippen LogP contribution in [0.5, 0.6) is 0 Å². The minimum absolute atomic E-state index is 0.0271. The highest BCUT2D eigenvalue weighted by molar-refractivity contribution is 6.31. The maximum Gasteiger partial charge on any atom is 0.227 e. The summed E-state index contributed by atoms with van der Waals surface area (Å²) in [5.41, 5.74) is 1.93. The van der Waals surface area contributed by atoms with Gasteiger partial charge in [-0.3, -0.25) is 4.79 Å². The fourth-order valence-electron chi connectivity index (χ4n) is 3.93. The Morgan fingerprint density at radius 3 is 2.79 bits per heavy atom. The summed E-state index contributed by atoms with van der Waals surface area (Å²) in [6.45, 7) is 1.59. The van der Waals surface area contributed by atoms with Crippen molar-refractivity contribution < 1.29 is 13.9 Å². The fraction of sp³-hybridized carbons (Fsp3) is 0.381. The molecule has 0 unspecified atom stereocenters. The summed E-state index contributed by atoms with van der Waals surface area (Å²) in [7, 11) is 1.65. The van der Waals surface area contributed by atoms with Gasteiger partial charge >= 0.3 is 0 Å². The first-order valence-corrected chi connectivity index (χ1v) is 9.97. The number of hydrogen-bond donors (Lipinski definition) is 0. The first-order chi connectivity index (χ1) is 14.1. The Bertz CT molecular complexity index is 1010. The SMILES string of the molecule is COCc1nc2cccnc2n1C1CCN(C(=O)Cc2c(F)cccc2Cl)CC1. The van der Waals surface area contributed by atoms with Crippen LogP contribution in [-0.2, 0) is 22.6 Å². The van der Waals surface area contributed by atoms with Gasteiger partial charge in [0, 0.05) is 43.0 Å². The predicted molar refractivity (Wildman–Crippen MR) is 108 cm³/mol. The molecular weight excluding hydrogens is 395 g/mol. The third-order valence-corrected chi connectivity index (χ3v) is 5.72. The summed E-state index contributed by atoms with van der Waals surface area (Å²) in [6.07, 6.45) is 3.28. The van der Waals surface area contributed by atoms with Crippen LogP contribution in [0.2, 0.25) is 5.02 Å². The molecule has 1 aromatic carbocycles. The molecular formula is C21H22ClFN4O2. The van der Waals surface area contributed by atoms with Gasteiger partial charge in [0.05, 0.1) is 6.42 Å². The van der Waals surface area contributed by atoms with E-state index in [-0.39, 0.29) is 29.0 Å². The number of ether oxygens (including phenoxy) is 1. The molecule has 3 heterocycles. The van der Waals surface area contributed by atoms with E-state index in [0.29, 0.717) is 19.7 Å². The van der Waals surface area contributed by atoms with E-state index in [2.05, 4.69) is 14.5 Å². The van der Waals surface area contributed by atoms with E-state index in [1.54, 1.807) is 24.3 Å². The Morgan fingerprint density at radius 1 is 1.28 bits per heavy atom. The Labute approximate surface area is 173 Å². The van der Waals surface area contributed by atoms with Crippen molar-refractivity contribution in [1.82, 2.24) is 19.4 Å². The van der Waals surface area contributed by atoms with Crippen molar-refractivity contribution in [2.45, 2.75) is 31.9 Å². The topological polar surface area (TPSA) is 60.3 Å². The van der Waals surface area contributed by atoms with Crippen LogP contribution in [0.4, 0.5) is 4.39 Å². The summed E-state index contributed by atoms with van der Waals surface area (Å²) in [5.74, 6) is 0.284. The number of nitrogens with zero attached hydrogens (tertiary/aromatic N) is 4. The lowest BCUT2D eigenvalue weighted by Crippen LogP contribution is -2.40. The minimum atomic E-state index is -0.444. The fourth-order valence-corrected chi connectivity index (χ4v) is 4.16. The van der Waals surface area contributed by atoms with E-state index in [1.165, 1.54) is 12.1 Å². The first kappa shape index (κ1) is 19.8. The molecule has 1 aliphatic heterocycles. The average molecular weight is 417 g/mol. The zero-order valence-electron chi connectivity index (χ0n) is 16.1. The molecule has 2 aromatic heterocycles. The van der Waals surface area contributed by atoms with Crippen LogP contribution in [0.25, 0.3) is 11.2 Å². The summed E-state index contributed by atoms with van der Waals surface area (Å²) in [5, 5.41) is 0.286. The lowest BCUT2D eigenvalue weighted by molar-refractivity contribution is -0.131. The zero-order valence-corrected chi connectivity index (χ0v) is 16.9. The van der Waals surface area contributed by atoms with Crippen LogP contribution in [0.1, 0.15) is 30.3 Å². The molecule has 1 saturated heterocycles. The van der Waals surface area contributed by atoms with E-state index in [0.717, 1.165) is 29.8 Å². The van der Waals surface area contributed by atoms with Gasteiger partial charge in [-0.15, -0.1) is 0 Å². The third kappa shape index (κ3) is 3.97. The van der Waals surface area contributed by atoms with Crippen molar-refractivity contribution in [2.24, 2.45) is 0 Å². The number of carbonyl (C=O) groups is 1. The maximum atomic E-state index is 14.0. The molecule has 0 atom stereocenters. The Hall–Kier alpha value is -2.51. The molecule has 1 amide bonds. The summed E-state index contributed by atoms with van der Waals surface area (Å²) in [4.78, 5) is 23.6. The van der Waals surface area contributed by atoms with Gasteiger partial charge in [-0.05, 0) is 37.1 Å². The van der Waals surface area contributed by atoms with Gasteiger partial charge in [0.15, 0.2) is 5.65 Å². The zero-order chi connectivity index (χ0) is 20.4. The number of piperidine rings is 1. The van der Waals surface area contributed by atoms with Crippen LogP contribution < -0.4 is 0 Å². The van der Waals surface area contributed by atoms with Gasteiger partial charge in [0.25, 0.3) is 0 Å². The molecule has 6 nitrogen and oxygen atoms in total. The van der Waals surface area contributed by atoms with Crippen LogP contribution in [-0.4, -0.2) is 45.5 Å². The number of amides is 1. The monoisotopic (exact) mass is 416 g/mol. The number of methoxy groups -OCH3 is 1. The van der Waals surface area contributed by atoms with Gasteiger partial charge in [0.2, 0.25) is 5.91 Å². The lowest BCUT2D eigenvalue weighted by Gasteiger charge is -2.33. The number of rotatable bonds is 5. The third-order valence-electron chi connectivity index (χ3n) is 5.37. The normalized spacial score (nSPS) is 15.2. The Kier molecular flexibility index (Phi) is 5.78. The van der Waals surface area contributed by atoms with Gasteiger partial charge < -0.3 is 14.2 Å². The van der Waals surface area contributed by atoms with Crippen LogP contribution >= 0.6 is 11.6 Å². The number of fused-ring (bicyclic) bond motifs is 1. The summed E-state index contributed by atoms with van der Waals surface area (Å²) in [6, 6.07) is 8.46. The number of aromatic nitrogens is 3. The van der Waals surface area contributed by atoms with Gasteiger partial charge in [-0.2, -0.15) is 0 Å². The average Bonchev–Trinajstić information content (AvgIpc) is 3.09. The number of carbonyl (C=O) groups excluding carboxylic acids is 1. The Morgan fingerprint density at radius 2 is 2.07 bits per heavy atom. The van der Waals surface area contributed by atoms with Gasteiger partial charge in [-0.1, -0.05) is 17.7 Å². The maximum absolute atomic E-state index is 14.0. The molecule has 1 aliphatic rings. The molecule has 0 aliphatic carbocycles. The van der Waals surface area contributed by atoms with Crippen LogP contribution in [0.15, 0.2) is 36.5 Å². The van der Waals surface area contributed by atoms with E-state index in [9.17, 15) is 9.18 Å². The largest absolute Gasteiger partial charge is 0.377 e. The molecule has 0 N–H and O–H groups in total. The highest BCUT2D eigenvalue weighted by Gasteiger charge is 2.27. The molecule has 0 bridgehead atoms. The molecule has 0 radical (unpaired) electrons. The van der Waals surface area contributed by atoms with E-state index in [4.69, 9.17) is 16.3 Å². The minimum Gasteiger partial charge on any atom is -0.377 e. The van der Waals surface area contributed by atoms with Crippen molar-refractivity contribution in [3.63, 3.8) is 0 Å². The van der Waals surface area contributed by atoms with Crippen molar-refractivity contribution in [2.75, 3.05) is 20.2 Å². The van der Waals surface area contributed by atoms with Crippen molar-refractivity contribution >= 4 is 28.7 Å². The second-order valence-electron chi connectivity index (χ2n) is 7.17. The van der Waals surface area contributed by atoms with Crippen molar-refractivity contribution in [1.29, 1.82) is 0 Å². The standard InChI is InChI=1S/C21H22ClFN4O2/c1-29-13-19-25-18-6-3-9-24-21(18)27(19)14-7-10-26(11-8-14)20(28)12-15-16(22)4-2-5-17(15)23/h2-6,9,14H,7-8,10-13H2,1H3. The number of hydrogen-bond acceptors (Lipinski definition) is 4. The Balaban J connectivity index is 1.48. The summed E-state index contributed by atoms with van der Waals surface area (Å²) >= 11 is 6.07. The predicted octanol–water partition coefficient (Wildman–Crippen LogP) is 3.78. The van der Waals surface area contributed by atoms with Crippen molar-refractivity contribution in [3.05, 3.63) is 58.8 Å². The highest BCUT2D eigenvalue weighted by Crippen LogP contribution is 2.29. The smallest absolute Gasteiger partial charge is 0.227 e. The van der Waals surface area contributed by atoms with Crippen LogP contribution in [0.3, 0.4) is 0 Å². The second-order valence-corrected chi connectivity index (χ2v) is 7.57. The van der Waals surface area contributed by atoms with Crippen LogP contribution in [0, 0.1) is 5.82 Å².